The smallest absolute Gasteiger partial charge is 0.338 e. The molecule has 0 fully saturated rings. The minimum atomic E-state index is -0.541. The summed E-state index contributed by atoms with van der Waals surface area (Å²) in [6, 6.07) is 21.2. The fourth-order valence-electron chi connectivity index (χ4n) is 3.00. The molecule has 30 heavy (non-hydrogen) atoms. The number of anilines is 1. The van der Waals surface area contributed by atoms with Gasteiger partial charge in [-0.3, -0.25) is 10.1 Å². The van der Waals surface area contributed by atoms with Crippen LogP contribution in [0.1, 0.15) is 21.5 Å². The van der Waals surface area contributed by atoms with Crippen LogP contribution < -0.4 is 5.32 Å². The average molecular weight is 417 g/mol. The molecule has 0 atom stereocenters. The maximum atomic E-state index is 12.3. The van der Waals surface area contributed by atoms with Crippen molar-refractivity contribution >= 4 is 38.6 Å². The second kappa shape index (κ2) is 8.47. The molecule has 0 spiro atoms. The van der Waals surface area contributed by atoms with E-state index in [0.717, 1.165) is 26.9 Å². The van der Waals surface area contributed by atoms with Crippen molar-refractivity contribution in [3.8, 4) is 11.1 Å². The number of aromatic nitrogens is 1. The Morgan fingerprint density at radius 2 is 1.53 bits per heavy atom. The van der Waals surface area contributed by atoms with E-state index in [1.54, 1.807) is 12.1 Å². The van der Waals surface area contributed by atoms with Gasteiger partial charge in [0.2, 0.25) is 0 Å². The Hall–Kier alpha value is -3.51. The first-order valence-electron chi connectivity index (χ1n) is 9.49. The number of amides is 1. The van der Waals surface area contributed by atoms with Gasteiger partial charge in [0, 0.05) is 0 Å². The van der Waals surface area contributed by atoms with Gasteiger partial charge in [-0.15, -0.1) is 0 Å². The Morgan fingerprint density at radius 1 is 0.900 bits per heavy atom. The van der Waals surface area contributed by atoms with E-state index in [9.17, 15) is 9.59 Å². The molecule has 1 N–H and O–H groups in total. The molecule has 0 saturated heterocycles. The zero-order valence-corrected chi connectivity index (χ0v) is 17.5. The van der Waals surface area contributed by atoms with E-state index in [-0.39, 0.29) is 6.61 Å². The average Bonchev–Trinajstić information content (AvgIpc) is 3.14. The number of rotatable bonds is 5. The van der Waals surface area contributed by atoms with E-state index in [4.69, 9.17) is 4.74 Å². The first kappa shape index (κ1) is 19.8. The lowest BCUT2D eigenvalue weighted by atomic mass is 10.0. The zero-order chi connectivity index (χ0) is 21.1. The molecule has 4 rings (SSSR count). The van der Waals surface area contributed by atoms with Crippen LogP contribution in [-0.2, 0) is 9.53 Å². The number of hydrogen-bond donors (Lipinski definition) is 1. The fourth-order valence-corrected chi connectivity index (χ4v) is 3.98. The van der Waals surface area contributed by atoms with Crippen LogP contribution in [0.2, 0.25) is 0 Å². The molecular formula is C24H20N2O3S. The summed E-state index contributed by atoms with van der Waals surface area (Å²) < 4.78 is 6.14. The Kier molecular flexibility index (Phi) is 5.59. The molecular weight excluding hydrogens is 396 g/mol. The number of fused-ring (bicyclic) bond motifs is 1. The summed E-state index contributed by atoms with van der Waals surface area (Å²) in [4.78, 5) is 28.8. The molecule has 1 amide bonds. The van der Waals surface area contributed by atoms with E-state index in [0.29, 0.717) is 10.7 Å². The van der Waals surface area contributed by atoms with Crippen LogP contribution in [0.4, 0.5) is 5.13 Å². The minimum Gasteiger partial charge on any atom is -0.452 e. The molecule has 0 unspecified atom stereocenters. The maximum absolute atomic E-state index is 12.3. The lowest BCUT2D eigenvalue weighted by molar-refractivity contribution is -0.119. The van der Waals surface area contributed by atoms with Crippen LogP contribution in [-0.4, -0.2) is 23.5 Å². The molecule has 1 heterocycles. The van der Waals surface area contributed by atoms with Gasteiger partial charge in [-0.25, -0.2) is 9.78 Å². The van der Waals surface area contributed by atoms with E-state index in [2.05, 4.69) is 10.3 Å². The van der Waals surface area contributed by atoms with E-state index < -0.39 is 11.9 Å². The number of benzene rings is 3. The zero-order valence-electron chi connectivity index (χ0n) is 16.6. The number of nitrogens with zero attached hydrogens (tertiary/aromatic N) is 1. The third kappa shape index (κ3) is 4.55. The molecule has 0 aliphatic carbocycles. The molecule has 0 bridgehead atoms. The van der Waals surface area contributed by atoms with Gasteiger partial charge in [0.25, 0.3) is 5.91 Å². The highest BCUT2D eigenvalue weighted by Crippen LogP contribution is 2.26. The van der Waals surface area contributed by atoms with Crippen LogP contribution in [0.3, 0.4) is 0 Å². The summed E-state index contributed by atoms with van der Waals surface area (Å²) in [5, 5.41) is 3.17. The first-order chi connectivity index (χ1) is 14.5. The summed E-state index contributed by atoms with van der Waals surface area (Å²) in [5.74, 6) is -0.962. The van der Waals surface area contributed by atoms with Crippen LogP contribution in [0.5, 0.6) is 0 Å². The summed E-state index contributed by atoms with van der Waals surface area (Å²) in [5.41, 5.74) is 5.63. The van der Waals surface area contributed by atoms with Gasteiger partial charge in [-0.2, -0.15) is 0 Å². The molecule has 4 aromatic rings. The number of carbonyl (C=O) groups excluding carboxylic acids is 2. The third-order valence-electron chi connectivity index (χ3n) is 4.63. The van der Waals surface area contributed by atoms with Crippen molar-refractivity contribution in [3.05, 3.63) is 83.4 Å². The summed E-state index contributed by atoms with van der Waals surface area (Å²) in [6.07, 6.45) is 0. The monoisotopic (exact) mass is 416 g/mol. The van der Waals surface area contributed by atoms with Crippen molar-refractivity contribution in [2.24, 2.45) is 0 Å². The van der Waals surface area contributed by atoms with Crippen LogP contribution in [0.25, 0.3) is 21.3 Å². The van der Waals surface area contributed by atoms with Gasteiger partial charge in [0.15, 0.2) is 11.7 Å². The Balaban J connectivity index is 1.34. The number of nitrogens with one attached hydrogen (secondary N) is 1. The van der Waals surface area contributed by atoms with Crippen molar-refractivity contribution in [1.82, 2.24) is 4.98 Å². The maximum Gasteiger partial charge on any atom is 0.338 e. The topological polar surface area (TPSA) is 68.3 Å². The number of aryl methyl sites for hydroxylation is 2. The Morgan fingerprint density at radius 3 is 2.23 bits per heavy atom. The Labute approximate surface area is 178 Å². The van der Waals surface area contributed by atoms with Gasteiger partial charge in [-0.1, -0.05) is 59.4 Å². The fraction of sp³-hybridized carbons (Fsp3) is 0.125. The minimum absolute atomic E-state index is 0.368. The predicted molar refractivity (Wildman–Crippen MR) is 120 cm³/mol. The van der Waals surface area contributed by atoms with Gasteiger partial charge >= 0.3 is 5.97 Å². The largest absolute Gasteiger partial charge is 0.452 e. The molecule has 6 heteroatoms. The predicted octanol–water partition coefficient (Wildman–Crippen LogP) is 5.38. The molecule has 0 aliphatic heterocycles. The highest BCUT2D eigenvalue weighted by Gasteiger charge is 2.12. The van der Waals surface area contributed by atoms with E-state index >= 15 is 0 Å². The quantitative estimate of drug-likeness (QED) is 0.444. The number of hydrogen-bond acceptors (Lipinski definition) is 5. The van der Waals surface area contributed by atoms with Crippen molar-refractivity contribution < 1.29 is 14.3 Å². The van der Waals surface area contributed by atoms with Crippen LogP contribution >= 0.6 is 11.3 Å². The first-order valence-corrected chi connectivity index (χ1v) is 10.3. The number of ether oxygens (including phenoxy) is 1. The second-order valence-electron chi connectivity index (χ2n) is 7.06. The molecule has 3 aromatic carbocycles. The molecule has 5 nitrogen and oxygen atoms in total. The second-order valence-corrected chi connectivity index (χ2v) is 8.09. The van der Waals surface area contributed by atoms with Crippen LogP contribution in [0.15, 0.2) is 66.7 Å². The van der Waals surface area contributed by atoms with Crippen molar-refractivity contribution in [2.75, 3.05) is 11.9 Å². The SMILES string of the molecule is Cc1ccc(-c2ccc(C(=O)OCC(=O)Nc3nc4ccc(C)cc4s3)cc2)cc1. The van der Waals surface area contributed by atoms with Crippen molar-refractivity contribution in [1.29, 1.82) is 0 Å². The van der Waals surface area contributed by atoms with E-state index in [1.165, 1.54) is 16.9 Å². The lowest BCUT2D eigenvalue weighted by Gasteiger charge is -2.06. The molecule has 1 aromatic heterocycles. The number of esters is 1. The van der Waals surface area contributed by atoms with Crippen molar-refractivity contribution in [2.45, 2.75) is 13.8 Å². The van der Waals surface area contributed by atoms with E-state index in [1.807, 2.05) is 68.4 Å². The lowest BCUT2D eigenvalue weighted by Crippen LogP contribution is -2.20. The molecule has 0 aliphatic rings. The molecule has 0 saturated carbocycles. The normalized spacial score (nSPS) is 10.7. The molecule has 150 valence electrons. The van der Waals surface area contributed by atoms with Crippen LogP contribution in [0, 0.1) is 13.8 Å². The summed E-state index contributed by atoms with van der Waals surface area (Å²) >= 11 is 1.39. The highest BCUT2D eigenvalue weighted by atomic mass is 32.1. The van der Waals surface area contributed by atoms with Gasteiger partial charge in [0.05, 0.1) is 15.8 Å². The van der Waals surface area contributed by atoms with Gasteiger partial charge < -0.3 is 4.74 Å². The summed E-state index contributed by atoms with van der Waals surface area (Å²) in [7, 11) is 0. The van der Waals surface area contributed by atoms with Crippen molar-refractivity contribution in [3.63, 3.8) is 0 Å². The molecule has 0 radical (unpaired) electrons. The summed E-state index contributed by atoms with van der Waals surface area (Å²) in [6.45, 7) is 3.68. The van der Waals surface area contributed by atoms with Gasteiger partial charge in [-0.05, 0) is 54.8 Å². The number of carbonyl (C=O) groups is 2. The van der Waals surface area contributed by atoms with Gasteiger partial charge in [0.1, 0.15) is 0 Å². The number of thiazole rings is 1. The Bertz CT molecular complexity index is 1210. The highest BCUT2D eigenvalue weighted by molar-refractivity contribution is 7.22. The standard InChI is InChI=1S/C24H20N2O3S/c1-15-3-6-17(7-4-15)18-8-10-19(11-9-18)23(28)29-14-22(27)26-24-25-20-12-5-16(2)13-21(20)30-24/h3-13H,14H2,1-2H3,(H,25,26,27). The third-order valence-corrected chi connectivity index (χ3v) is 5.56.